The fraction of sp³-hybridized carbons (Fsp3) is 0.500. The quantitative estimate of drug-likeness (QED) is 0.690. The largest absolute Gasteiger partial charge is 0.465 e. The van der Waals surface area contributed by atoms with Crippen molar-refractivity contribution in [3.05, 3.63) is 35.4 Å². The number of benzene rings is 1. The molecule has 0 saturated heterocycles. The Morgan fingerprint density at radius 3 is 2.36 bits per heavy atom. The van der Waals surface area contributed by atoms with Crippen LogP contribution in [0.15, 0.2) is 18.2 Å². The molecule has 0 saturated carbocycles. The van der Waals surface area contributed by atoms with Crippen LogP contribution in [0.5, 0.6) is 0 Å². The number of carbonyl (C=O) groups excluding carboxylic acids is 2. The fourth-order valence-electron chi connectivity index (χ4n) is 1.59. The third kappa shape index (κ3) is 7.15. The molecule has 0 radical (unpaired) electrons. The zero-order valence-electron chi connectivity index (χ0n) is 12.7. The normalized spacial score (nSPS) is 10.6. The molecule has 1 aromatic rings. The van der Waals surface area contributed by atoms with Crippen LogP contribution in [0.1, 0.15) is 38.7 Å². The van der Waals surface area contributed by atoms with Gasteiger partial charge in [0.2, 0.25) is 0 Å². The lowest BCUT2D eigenvalue weighted by Gasteiger charge is -2.07. The molecule has 0 bridgehead atoms. The molecule has 0 aliphatic carbocycles. The van der Waals surface area contributed by atoms with Gasteiger partial charge in [-0.25, -0.2) is 8.78 Å². The first-order valence-electron chi connectivity index (χ1n) is 7.13. The molecule has 0 N–H and O–H groups in total. The molecule has 0 unspecified atom stereocenters. The molecule has 0 aliphatic heterocycles. The Labute approximate surface area is 128 Å². The van der Waals surface area contributed by atoms with E-state index >= 15 is 0 Å². The zero-order valence-corrected chi connectivity index (χ0v) is 12.7. The van der Waals surface area contributed by atoms with Gasteiger partial charge in [0.1, 0.15) is 18.2 Å². The number of esters is 2. The van der Waals surface area contributed by atoms with E-state index in [2.05, 4.69) is 0 Å². The highest BCUT2D eigenvalue weighted by Gasteiger charge is 2.10. The van der Waals surface area contributed by atoms with E-state index in [-0.39, 0.29) is 36.9 Å². The predicted molar refractivity (Wildman–Crippen MR) is 75.8 cm³/mol. The van der Waals surface area contributed by atoms with E-state index in [9.17, 15) is 18.4 Å². The first-order chi connectivity index (χ1) is 10.4. The van der Waals surface area contributed by atoms with E-state index in [0.717, 1.165) is 18.2 Å². The Balaban J connectivity index is 2.24. The van der Waals surface area contributed by atoms with Gasteiger partial charge in [-0.15, -0.1) is 0 Å². The predicted octanol–water partition coefficient (Wildman–Crippen LogP) is 3.38. The van der Waals surface area contributed by atoms with Gasteiger partial charge in [0, 0.05) is 18.4 Å². The van der Waals surface area contributed by atoms with E-state index < -0.39 is 17.6 Å². The molecular weight excluding hydrogens is 294 g/mol. The molecule has 22 heavy (non-hydrogen) atoms. The Hall–Kier alpha value is -1.98. The summed E-state index contributed by atoms with van der Waals surface area (Å²) in [6, 6.07) is 2.94. The summed E-state index contributed by atoms with van der Waals surface area (Å²) in [5.74, 6) is -1.90. The highest BCUT2D eigenvalue weighted by atomic mass is 19.1. The van der Waals surface area contributed by atoms with Crippen LogP contribution in [0.4, 0.5) is 8.78 Å². The molecule has 0 atom stereocenters. The van der Waals surface area contributed by atoms with Crippen molar-refractivity contribution in [1.82, 2.24) is 0 Å². The van der Waals surface area contributed by atoms with Gasteiger partial charge in [0.05, 0.1) is 6.61 Å². The molecule has 0 heterocycles. The molecule has 0 spiro atoms. The van der Waals surface area contributed by atoms with Gasteiger partial charge in [-0.05, 0) is 30.5 Å². The Morgan fingerprint density at radius 2 is 1.73 bits per heavy atom. The van der Waals surface area contributed by atoms with Gasteiger partial charge in [-0.3, -0.25) is 9.59 Å². The van der Waals surface area contributed by atoms with Crippen molar-refractivity contribution in [2.24, 2.45) is 5.92 Å². The molecular formula is C16H20F2O4. The molecule has 4 nitrogen and oxygen atoms in total. The van der Waals surface area contributed by atoms with E-state index in [4.69, 9.17) is 9.47 Å². The summed E-state index contributed by atoms with van der Waals surface area (Å²) in [6.45, 7) is 3.87. The number of ether oxygens (including phenoxy) is 2. The van der Waals surface area contributed by atoms with Crippen LogP contribution in [0.25, 0.3) is 0 Å². The summed E-state index contributed by atoms with van der Waals surface area (Å²) < 4.78 is 36.0. The topological polar surface area (TPSA) is 52.6 Å². The number of rotatable bonds is 8. The second-order valence-electron chi connectivity index (χ2n) is 5.33. The first-order valence-corrected chi connectivity index (χ1v) is 7.13. The van der Waals surface area contributed by atoms with Crippen LogP contribution in [-0.2, 0) is 25.7 Å². The Morgan fingerprint density at radius 1 is 1.09 bits per heavy atom. The molecule has 1 rings (SSSR count). The smallest absolute Gasteiger partial charge is 0.306 e. The number of carbonyl (C=O) groups is 2. The summed E-state index contributed by atoms with van der Waals surface area (Å²) in [5, 5.41) is 0. The Kier molecular flexibility index (Phi) is 7.49. The lowest BCUT2D eigenvalue weighted by molar-refractivity contribution is -0.146. The standard InChI is InChI=1S/C16H20F2O4/c1-11(2)9-21-15(19)4-3-5-16(20)22-10-12-8-13(17)6-7-14(12)18/h6-8,11H,3-5,9-10H2,1-2H3. The van der Waals surface area contributed by atoms with Crippen LogP contribution in [0.2, 0.25) is 0 Å². The zero-order chi connectivity index (χ0) is 16.5. The molecule has 122 valence electrons. The maximum atomic E-state index is 13.3. The monoisotopic (exact) mass is 314 g/mol. The van der Waals surface area contributed by atoms with E-state index in [0.29, 0.717) is 13.0 Å². The van der Waals surface area contributed by atoms with Gasteiger partial charge in [0.25, 0.3) is 0 Å². The van der Waals surface area contributed by atoms with Gasteiger partial charge in [-0.2, -0.15) is 0 Å². The summed E-state index contributed by atoms with van der Waals surface area (Å²) in [4.78, 5) is 22.8. The third-order valence-corrected chi connectivity index (χ3v) is 2.74. The summed E-state index contributed by atoms with van der Waals surface area (Å²) in [6.07, 6.45) is 0.436. The Bertz CT molecular complexity index is 515. The minimum atomic E-state index is -0.633. The van der Waals surface area contributed by atoms with Crippen LogP contribution < -0.4 is 0 Å². The highest BCUT2D eigenvalue weighted by Crippen LogP contribution is 2.11. The van der Waals surface area contributed by atoms with Crippen LogP contribution in [0, 0.1) is 17.6 Å². The van der Waals surface area contributed by atoms with Crippen molar-refractivity contribution in [3.8, 4) is 0 Å². The van der Waals surface area contributed by atoms with Crippen molar-refractivity contribution in [2.75, 3.05) is 6.61 Å². The minimum Gasteiger partial charge on any atom is -0.465 e. The van der Waals surface area contributed by atoms with Gasteiger partial charge in [0.15, 0.2) is 0 Å². The fourth-order valence-corrected chi connectivity index (χ4v) is 1.59. The van der Waals surface area contributed by atoms with Crippen molar-refractivity contribution in [3.63, 3.8) is 0 Å². The summed E-state index contributed by atoms with van der Waals surface area (Å²) >= 11 is 0. The van der Waals surface area contributed by atoms with Crippen molar-refractivity contribution >= 4 is 11.9 Å². The van der Waals surface area contributed by atoms with Gasteiger partial charge < -0.3 is 9.47 Å². The summed E-state index contributed by atoms with van der Waals surface area (Å²) in [7, 11) is 0. The second kappa shape index (κ2) is 9.12. The van der Waals surface area contributed by atoms with E-state index in [1.54, 1.807) is 0 Å². The van der Waals surface area contributed by atoms with Crippen LogP contribution >= 0.6 is 0 Å². The van der Waals surface area contributed by atoms with Crippen molar-refractivity contribution in [2.45, 2.75) is 39.7 Å². The van der Waals surface area contributed by atoms with Gasteiger partial charge in [-0.1, -0.05) is 13.8 Å². The van der Waals surface area contributed by atoms with E-state index in [1.807, 2.05) is 13.8 Å². The molecule has 0 fully saturated rings. The average Bonchev–Trinajstić information content (AvgIpc) is 2.46. The lowest BCUT2D eigenvalue weighted by atomic mass is 10.2. The third-order valence-electron chi connectivity index (χ3n) is 2.74. The highest BCUT2D eigenvalue weighted by molar-refractivity contribution is 5.72. The van der Waals surface area contributed by atoms with E-state index in [1.165, 1.54) is 0 Å². The second-order valence-corrected chi connectivity index (χ2v) is 5.33. The molecule has 6 heteroatoms. The number of hydrogen-bond acceptors (Lipinski definition) is 4. The molecule has 0 amide bonds. The maximum absolute atomic E-state index is 13.3. The minimum absolute atomic E-state index is 0.0215. The van der Waals surface area contributed by atoms with Crippen LogP contribution in [0.3, 0.4) is 0 Å². The SMILES string of the molecule is CC(C)COC(=O)CCCC(=O)OCc1cc(F)ccc1F. The van der Waals surface area contributed by atoms with Crippen molar-refractivity contribution < 1.29 is 27.8 Å². The molecule has 0 aliphatic rings. The molecule has 0 aromatic heterocycles. The average molecular weight is 314 g/mol. The number of hydrogen-bond donors (Lipinski definition) is 0. The molecule has 1 aromatic carbocycles. The maximum Gasteiger partial charge on any atom is 0.306 e. The first kappa shape index (κ1) is 18.1. The number of halogens is 2. The van der Waals surface area contributed by atoms with Crippen LogP contribution in [-0.4, -0.2) is 18.5 Å². The lowest BCUT2D eigenvalue weighted by Crippen LogP contribution is -2.11. The van der Waals surface area contributed by atoms with Crippen molar-refractivity contribution in [1.29, 1.82) is 0 Å². The van der Waals surface area contributed by atoms with Gasteiger partial charge >= 0.3 is 11.9 Å². The summed E-state index contributed by atoms with van der Waals surface area (Å²) in [5.41, 5.74) is -0.0234.